The summed E-state index contributed by atoms with van der Waals surface area (Å²) in [6, 6.07) is 0. The molecule has 2 aliphatic heterocycles. The van der Waals surface area contributed by atoms with Gasteiger partial charge in [0.25, 0.3) is 0 Å². The summed E-state index contributed by atoms with van der Waals surface area (Å²) in [5.74, 6) is 2.78. The van der Waals surface area contributed by atoms with Gasteiger partial charge in [0, 0.05) is 26.2 Å². The van der Waals surface area contributed by atoms with Crippen LogP contribution in [0.25, 0.3) is 0 Å². The molecule has 5 heteroatoms. The van der Waals surface area contributed by atoms with Crippen molar-refractivity contribution in [1.82, 2.24) is 15.5 Å². The summed E-state index contributed by atoms with van der Waals surface area (Å²) in [6.07, 6.45) is 4.29. The Bertz CT molecular complexity index is 354. The first-order chi connectivity index (χ1) is 8.42. The lowest BCUT2D eigenvalue weighted by Crippen LogP contribution is -2.18. The van der Waals surface area contributed by atoms with E-state index in [0.717, 1.165) is 63.7 Å². The lowest BCUT2D eigenvalue weighted by atomic mass is 9.96. The fraction of sp³-hybridized carbons (Fsp3) is 0.833. The zero-order valence-corrected chi connectivity index (χ0v) is 10.0. The maximum atomic E-state index is 5.36. The standard InChI is InChI=1S/C12H19N3O2/c1-4-13-8-10(1)12-14-11(15-17-12)7-9-2-5-16-6-3-9/h9-10,13H,1-8H2. The van der Waals surface area contributed by atoms with Gasteiger partial charge in [-0.15, -0.1) is 0 Å². The number of nitrogens with zero attached hydrogens (tertiary/aromatic N) is 2. The molecule has 2 saturated heterocycles. The van der Waals surface area contributed by atoms with Gasteiger partial charge >= 0.3 is 0 Å². The molecule has 1 aromatic rings. The summed E-state index contributed by atoms with van der Waals surface area (Å²) in [6.45, 7) is 3.78. The van der Waals surface area contributed by atoms with Gasteiger partial charge in [0.05, 0.1) is 5.92 Å². The van der Waals surface area contributed by atoms with Crippen molar-refractivity contribution in [1.29, 1.82) is 0 Å². The molecule has 0 aromatic carbocycles. The molecule has 0 amide bonds. The predicted molar refractivity (Wildman–Crippen MR) is 61.8 cm³/mol. The van der Waals surface area contributed by atoms with Gasteiger partial charge in [0.2, 0.25) is 5.89 Å². The zero-order valence-electron chi connectivity index (χ0n) is 10.0. The number of hydrogen-bond donors (Lipinski definition) is 1. The van der Waals surface area contributed by atoms with Crippen LogP contribution in [0.5, 0.6) is 0 Å². The van der Waals surface area contributed by atoms with Crippen molar-refractivity contribution in [3.8, 4) is 0 Å². The van der Waals surface area contributed by atoms with E-state index in [1.165, 1.54) is 0 Å². The number of nitrogens with one attached hydrogen (secondary N) is 1. The molecule has 0 bridgehead atoms. The predicted octanol–water partition coefficient (Wildman–Crippen LogP) is 1.12. The summed E-state index contributed by atoms with van der Waals surface area (Å²) < 4.78 is 10.7. The second kappa shape index (κ2) is 5.14. The minimum Gasteiger partial charge on any atom is -0.381 e. The molecule has 94 valence electrons. The van der Waals surface area contributed by atoms with Crippen molar-refractivity contribution in [2.45, 2.75) is 31.6 Å². The molecule has 2 aliphatic rings. The van der Waals surface area contributed by atoms with E-state index in [2.05, 4.69) is 15.5 Å². The Morgan fingerprint density at radius 2 is 2.12 bits per heavy atom. The summed E-state index contributed by atoms with van der Waals surface area (Å²) in [7, 11) is 0. The van der Waals surface area contributed by atoms with E-state index in [0.29, 0.717) is 11.8 Å². The van der Waals surface area contributed by atoms with Gasteiger partial charge in [0.1, 0.15) is 0 Å². The van der Waals surface area contributed by atoms with Crippen LogP contribution in [0.1, 0.15) is 36.9 Å². The van der Waals surface area contributed by atoms with E-state index in [-0.39, 0.29) is 0 Å². The molecule has 0 aliphatic carbocycles. The third-order valence-electron chi connectivity index (χ3n) is 3.71. The van der Waals surface area contributed by atoms with Crippen LogP contribution in [0.2, 0.25) is 0 Å². The van der Waals surface area contributed by atoms with Crippen LogP contribution in [0.3, 0.4) is 0 Å². The molecule has 0 radical (unpaired) electrons. The van der Waals surface area contributed by atoms with E-state index >= 15 is 0 Å². The third kappa shape index (κ3) is 2.66. The van der Waals surface area contributed by atoms with Crippen LogP contribution in [-0.2, 0) is 11.2 Å². The second-order valence-corrected chi connectivity index (χ2v) is 5.00. The Morgan fingerprint density at radius 3 is 2.88 bits per heavy atom. The third-order valence-corrected chi connectivity index (χ3v) is 3.71. The molecule has 0 saturated carbocycles. The smallest absolute Gasteiger partial charge is 0.231 e. The minimum absolute atomic E-state index is 0.422. The first-order valence-corrected chi connectivity index (χ1v) is 6.53. The molecule has 1 aromatic heterocycles. The van der Waals surface area contributed by atoms with Crippen molar-refractivity contribution in [2.75, 3.05) is 26.3 Å². The van der Waals surface area contributed by atoms with Crippen molar-refractivity contribution >= 4 is 0 Å². The highest BCUT2D eigenvalue weighted by Crippen LogP contribution is 2.23. The van der Waals surface area contributed by atoms with Gasteiger partial charge in [-0.3, -0.25) is 0 Å². The van der Waals surface area contributed by atoms with Gasteiger partial charge in [0.15, 0.2) is 5.82 Å². The molecule has 1 unspecified atom stereocenters. The Kier molecular flexibility index (Phi) is 3.38. The van der Waals surface area contributed by atoms with E-state index in [1.807, 2.05) is 0 Å². The molecule has 3 rings (SSSR count). The van der Waals surface area contributed by atoms with Gasteiger partial charge in [-0.05, 0) is 31.7 Å². The van der Waals surface area contributed by atoms with Gasteiger partial charge < -0.3 is 14.6 Å². The van der Waals surface area contributed by atoms with E-state index < -0.39 is 0 Å². The number of ether oxygens (including phenoxy) is 1. The zero-order chi connectivity index (χ0) is 11.5. The number of aromatic nitrogens is 2. The summed E-state index contributed by atoms with van der Waals surface area (Å²) >= 11 is 0. The lowest BCUT2D eigenvalue weighted by molar-refractivity contribution is 0.0658. The molecule has 3 heterocycles. The largest absolute Gasteiger partial charge is 0.381 e. The Hall–Kier alpha value is -0.940. The molecule has 1 atom stereocenters. The van der Waals surface area contributed by atoms with Crippen molar-refractivity contribution in [3.05, 3.63) is 11.7 Å². The highest BCUT2D eigenvalue weighted by atomic mass is 16.5. The molecule has 0 spiro atoms. The Morgan fingerprint density at radius 1 is 1.24 bits per heavy atom. The monoisotopic (exact) mass is 237 g/mol. The molecule has 2 fully saturated rings. The minimum atomic E-state index is 0.422. The van der Waals surface area contributed by atoms with Crippen molar-refractivity contribution < 1.29 is 9.26 Å². The number of rotatable bonds is 3. The van der Waals surface area contributed by atoms with Crippen LogP contribution >= 0.6 is 0 Å². The van der Waals surface area contributed by atoms with E-state index in [1.54, 1.807) is 0 Å². The average molecular weight is 237 g/mol. The van der Waals surface area contributed by atoms with Crippen molar-refractivity contribution in [3.63, 3.8) is 0 Å². The fourth-order valence-electron chi connectivity index (χ4n) is 2.59. The summed E-state index contributed by atoms with van der Waals surface area (Å²) in [4.78, 5) is 4.53. The molecule has 17 heavy (non-hydrogen) atoms. The maximum Gasteiger partial charge on any atom is 0.231 e. The SMILES string of the molecule is C1CC(c2nc(CC3CCOCC3)no2)CN1. The Balaban J connectivity index is 1.59. The highest BCUT2D eigenvalue weighted by Gasteiger charge is 2.24. The van der Waals surface area contributed by atoms with Gasteiger partial charge in [-0.2, -0.15) is 4.98 Å². The normalized spacial score (nSPS) is 26.5. The van der Waals surface area contributed by atoms with E-state index in [9.17, 15) is 0 Å². The van der Waals surface area contributed by atoms with Gasteiger partial charge in [-0.25, -0.2) is 0 Å². The maximum absolute atomic E-state index is 5.36. The first kappa shape index (κ1) is 11.2. The lowest BCUT2D eigenvalue weighted by Gasteiger charge is -2.20. The second-order valence-electron chi connectivity index (χ2n) is 5.00. The average Bonchev–Trinajstić information content (AvgIpc) is 3.00. The molecule has 1 N–H and O–H groups in total. The van der Waals surface area contributed by atoms with Gasteiger partial charge in [-0.1, -0.05) is 5.16 Å². The molecule has 5 nitrogen and oxygen atoms in total. The van der Waals surface area contributed by atoms with Crippen LogP contribution in [0, 0.1) is 5.92 Å². The number of hydrogen-bond acceptors (Lipinski definition) is 5. The fourth-order valence-corrected chi connectivity index (χ4v) is 2.59. The topological polar surface area (TPSA) is 60.2 Å². The van der Waals surface area contributed by atoms with Crippen LogP contribution in [-0.4, -0.2) is 36.4 Å². The first-order valence-electron chi connectivity index (χ1n) is 6.53. The summed E-state index contributed by atoms with van der Waals surface area (Å²) in [5.41, 5.74) is 0. The molecular formula is C12H19N3O2. The van der Waals surface area contributed by atoms with Crippen LogP contribution < -0.4 is 5.32 Å². The molecular weight excluding hydrogens is 218 g/mol. The Labute approximate surface area is 101 Å². The quantitative estimate of drug-likeness (QED) is 0.853. The summed E-state index contributed by atoms with van der Waals surface area (Å²) in [5, 5.41) is 7.42. The van der Waals surface area contributed by atoms with E-state index in [4.69, 9.17) is 9.26 Å². The van der Waals surface area contributed by atoms with Crippen LogP contribution in [0.15, 0.2) is 4.52 Å². The van der Waals surface area contributed by atoms with Crippen molar-refractivity contribution in [2.24, 2.45) is 5.92 Å². The highest BCUT2D eigenvalue weighted by molar-refractivity contribution is 4.98. The van der Waals surface area contributed by atoms with Crippen LogP contribution in [0.4, 0.5) is 0 Å².